The van der Waals surface area contributed by atoms with Crippen LogP contribution in [0.25, 0.3) is 0 Å². The van der Waals surface area contributed by atoms with Crippen LogP contribution in [-0.4, -0.2) is 43.1 Å². The van der Waals surface area contributed by atoms with E-state index in [1.807, 2.05) is 6.07 Å². The third kappa shape index (κ3) is 3.47. The van der Waals surface area contributed by atoms with Crippen molar-refractivity contribution in [2.45, 2.75) is 12.6 Å². The molecule has 1 aliphatic heterocycles. The molecule has 100 valence electrons. The summed E-state index contributed by atoms with van der Waals surface area (Å²) in [4.78, 5) is 2.45. The molecule has 0 amide bonds. The molecule has 1 fully saturated rings. The minimum absolute atomic E-state index is 0.458. The molecule has 1 aromatic rings. The van der Waals surface area contributed by atoms with E-state index < -0.39 is 0 Å². The molecule has 3 nitrogen and oxygen atoms in total. The predicted octanol–water partition coefficient (Wildman–Crippen LogP) is 3.05. The first-order valence-corrected chi connectivity index (χ1v) is 7.86. The van der Waals surface area contributed by atoms with Crippen LogP contribution in [0.3, 0.4) is 0 Å². The molecule has 0 spiro atoms. The summed E-state index contributed by atoms with van der Waals surface area (Å²) < 4.78 is 11.8. The smallest absolute Gasteiger partial charge is 0.133 e. The lowest BCUT2D eigenvalue weighted by Crippen LogP contribution is -2.45. The standard InChI is InChI=1S/C13H17Br2NO2/c1-17-13-3-2-10(6-12(13)15)8-16-4-5-18-9-11(16)7-14/h2-3,6,11H,4-5,7-9H2,1H3. The number of benzene rings is 1. The second-order valence-corrected chi connectivity index (χ2v) is 5.82. The van der Waals surface area contributed by atoms with E-state index in [-0.39, 0.29) is 0 Å². The maximum Gasteiger partial charge on any atom is 0.133 e. The molecule has 5 heteroatoms. The lowest BCUT2D eigenvalue weighted by atomic mass is 10.1. The number of alkyl halides is 1. The summed E-state index contributed by atoms with van der Waals surface area (Å²) in [6, 6.07) is 6.70. The number of morpholine rings is 1. The van der Waals surface area contributed by atoms with Crippen LogP contribution >= 0.6 is 31.9 Å². The summed E-state index contributed by atoms with van der Waals surface area (Å²) in [5.74, 6) is 0.873. The fourth-order valence-electron chi connectivity index (χ4n) is 2.08. The molecule has 1 unspecified atom stereocenters. The number of methoxy groups -OCH3 is 1. The van der Waals surface area contributed by atoms with Crippen LogP contribution in [0, 0.1) is 0 Å². The lowest BCUT2D eigenvalue weighted by Gasteiger charge is -2.34. The minimum atomic E-state index is 0.458. The summed E-state index contributed by atoms with van der Waals surface area (Å²) in [6.45, 7) is 3.56. The molecule has 1 saturated heterocycles. The first-order valence-electron chi connectivity index (χ1n) is 5.94. The molecule has 1 heterocycles. The van der Waals surface area contributed by atoms with E-state index in [2.05, 4.69) is 48.9 Å². The van der Waals surface area contributed by atoms with Gasteiger partial charge in [0.15, 0.2) is 0 Å². The van der Waals surface area contributed by atoms with E-state index in [9.17, 15) is 0 Å². The Bertz CT molecular complexity index is 401. The van der Waals surface area contributed by atoms with E-state index in [4.69, 9.17) is 9.47 Å². The SMILES string of the molecule is COc1ccc(CN2CCOCC2CBr)cc1Br. The summed E-state index contributed by atoms with van der Waals surface area (Å²) in [5, 5.41) is 0.949. The summed E-state index contributed by atoms with van der Waals surface area (Å²) in [7, 11) is 1.68. The van der Waals surface area contributed by atoms with Crippen molar-refractivity contribution < 1.29 is 9.47 Å². The van der Waals surface area contributed by atoms with E-state index in [1.54, 1.807) is 7.11 Å². The Morgan fingerprint density at radius 1 is 1.50 bits per heavy atom. The zero-order valence-electron chi connectivity index (χ0n) is 10.4. The lowest BCUT2D eigenvalue weighted by molar-refractivity contribution is -0.00213. The van der Waals surface area contributed by atoms with Gasteiger partial charge < -0.3 is 9.47 Å². The minimum Gasteiger partial charge on any atom is -0.496 e. The van der Waals surface area contributed by atoms with Crippen molar-refractivity contribution >= 4 is 31.9 Å². The van der Waals surface area contributed by atoms with Gasteiger partial charge in [-0.25, -0.2) is 0 Å². The number of halogens is 2. The monoisotopic (exact) mass is 377 g/mol. The van der Waals surface area contributed by atoms with Gasteiger partial charge in [-0.3, -0.25) is 4.90 Å². The third-order valence-electron chi connectivity index (χ3n) is 3.13. The Hall–Kier alpha value is -0.100. The Morgan fingerprint density at radius 3 is 3.00 bits per heavy atom. The fourth-order valence-corrected chi connectivity index (χ4v) is 3.27. The topological polar surface area (TPSA) is 21.7 Å². The number of hydrogen-bond donors (Lipinski definition) is 0. The maximum absolute atomic E-state index is 5.50. The third-order valence-corrected chi connectivity index (χ3v) is 4.50. The normalized spacial score (nSPS) is 20.9. The molecule has 0 radical (unpaired) electrons. The van der Waals surface area contributed by atoms with Crippen molar-refractivity contribution in [3.8, 4) is 5.75 Å². The largest absolute Gasteiger partial charge is 0.496 e. The van der Waals surface area contributed by atoms with Gasteiger partial charge in [-0.15, -0.1) is 0 Å². The van der Waals surface area contributed by atoms with E-state index in [0.29, 0.717) is 6.04 Å². The molecular weight excluding hydrogens is 362 g/mol. The molecule has 0 saturated carbocycles. The molecule has 0 aliphatic carbocycles. The molecule has 1 atom stereocenters. The van der Waals surface area contributed by atoms with Gasteiger partial charge in [0.1, 0.15) is 5.75 Å². The quantitative estimate of drug-likeness (QED) is 0.751. The van der Waals surface area contributed by atoms with Crippen molar-refractivity contribution in [1.82, 2.24) is 4.90 Å². The van der Waals surface area contributed by atoms with Gasteiger partial charge >= 0.3 is 0 Å². The Labute approximate surface area is 125 Å². The van der Waals surface area contributed by atoms with Gasteiger partial charge in [-0.05, 0) is 33.6 Å². The molecule has 0 N–H and O–H groups in total. The van der Waals surface area contributed by atoms with Gasteiger partial charge in [-0.1, -0.05) is 22.0 Å². The molecule has 1 aliphatic rings. The van der Waals surface area contributed by atoms with Crippen molar-refractivity contribution in [3.63, 3.8) is 0 Å². The van der Waals surface area contributed by atoms with Crippen LogP contribution < -0.4 is 4.74 Å². The summed E-state index contributed by atoms with van der Waals surface area (Å²) >= 11 is 7.08. The highest BCUT2D eigenvalue weighted by Gasteiger charge is 2.22. The molecule has 0 bridgehead atoms. The first-order chi connectivity index (χ1) is 8.74. The van der Waals surface area contributed by atoms with Crippen molar-refractivity contribution in [3.05, 3.63) is 28.2 Å². The number of hydrogen-bond acceptors (Lipinski definition) is 3. The van der Waals surface area contributed by atoms with Crippen LogP contribution in [0.15, 0.2) is 22.7 Å². The van der Waals surface area contributed by atoms with Crippen LogP contribution in [0.4, 0.5) is 0 Å². The zero-order valence-corrected chi connectivity index (χ0v) is 13.5. The average Bonchev–Trinajstić information content (AvgIpc) is 2.39. The van der Waals surface area contributed by atoms with Gasteiger partial charge in [0.05, 0.1) is 24.8 Å². The van der Waals surface area contributed by atoms with Crippen molar-refractivity contribution in [2.75, 3.05) is 32.2 Å². The molecular formula is C13H17Br2NO2. The van der Waals surface area contributed by atoms with Crippen LogP contribution in [0.5, 0.6) is 5.75 Å². The van der Waals surface area contributed by atoms with Gasteiger partial charge in [0, 0.05) is 24.5 Å². The predicted molar refractivity (Wildman–Crippen MR) is 79.5 cm³/mol. The van der Waals surface area contributed by atoms with Crippen LogP contribution in [-0.2, 0) is 11.3 Å². The molecule has 18 heavy (non-hydrogen) atoms. The Kier molecular flexibility index (Phi) is 5.48. The van der Waals surface area contributed by atoms with Crippen LogP contribution in [0.1, 0.15) is 5.56 Å². The Balaban J connectivity index is 2.05. The highest BCUT2D eigenvalue weighted by atomic mass is 79.9. The second-order valence-electron chi connectivity index (χ2n) is 4.32. The van der Waals surface area contributed by atoms with Crippen molar-refractivity contribution in [1.29, 1.82) is 0 Å². The highest BCUT2D eigenvalue weighted by Crippen LogP contribution is 2.26. The van der Waals surface area contributed by atoms with Gasteiger partial charge in [-0.2, -0.15) is 0 Å². The summed E-state index contributed by atoms with van der Waals surface area (Å²) in [6.07, 6.45) is 0. The van der Waals surface area contributed by atoms with E-state index in [0.717, 1.165) is 41.9 Å². The van der Waals surface area contributed by atoms with E-state index in [1.165, 1.54) is 5.56 Å². The van der Waals surface area contributed by atoms with Crippen LogP contribution in [0.2, 0.25) is 0 Å². The van der Waals surface area contributed by atoms with Gasteiger partial charge in [0.2, 0.25) is 0 Å². The number of ether oxygens (including phenoxy) is 2. The molecule has 2 rings (SSSR count). The zero-order chi connectivity index (χ0) is 13.0. The van der Waals surface area contributed by atoms with Crippen molar-refractivity contribution in [2.24, 2.45) is 0 Å². The highest BCUT2D eigenvalue weighted by molar-refractivity contribution is 9.10. The second kappa shape index (κ2) is 6.89. The molecule has 0 aromatic heterocycles. The first kappa shape index (κ1) is 14.3. The number of nitrogens with zero attached hydrogens (tertiary/aromatic N) is 1. The molecule has 1 aromatic carbocycles. The van der Waals surface area contributed by atoms with E-state index >= 15 is 0 Å². The summed E-state index contributed by atoms with van der Waals surface area (Å²) in [5.41, 5.74) is 1.29. The fraction of sp³-hybridized carbons (Fsp3) is 0.538. The maximum atomic E-state index is 5.50. The average molecular weight is 379 g/mol. The number of rotatable bonds is 4. The Morgan fingerprint density at radius 2 is 2.33 bits per heavy atom. The van der Waals surface area contributed by atoms with Gasteiger partial charge in [0.25, 0.3) is 0 Å².